The van der Waals surface area contributed by atoms with Gasteiger partial charge in [0.15, 0.2) is 15.4 Å². The average molecular weight is 366 g/mol. The van der Waals surface area contributed by atoms with Crippen LogP contribution < -0.4 is 5.76 Å². The zero-order chi connectivity index (χ0) is 18.2. The van der Waals surface area contributed by atoms with Gasteiger partial charge in [0, 0.05) is 12.1 Å². The second-order valence-electron chi connectivity index (χ2n) is 6.54. The zero-order valence-corrected chi connectivity index (χ0v) is 15.2. The van der Waals surface area contributed by atoms with E-state index in [1.165, 1.54) is 4.57 Å². The number of sulfone groups is 1. The quantitative estimate of drug-likeness (QED) is 0.798. The lowest BCUT2D eigenvalue weighted by molar-refractivity contribution is -0.136. The van der Waals surface area contributed by atoms with Crippen LogP contribution in [0, 0.1) is 0 Å². The molecule has 1 fully saturated rings. The highest BCUT2D eigenvalue weighted by Gasteiger charge is 2.36. The molecule has 0 radical (unpaired) electrons. The summed E-state index contributed by atoms with van der Waals surface area (Å²) in [5.41, 5.74) is 0.989. The molecule has 3 rings (SSSR count). The smallest absolute Gasteiger partial charge is 0.408 e. The Kier molecular flexibility index (Phi) is 4.73. The van der Waals surface area contributed by atoms with E-state index in [9.17, 15) is 18.0 Å². The maximum atomic E-state index is 12.9. The highest BCUT2D eigenvalue weighted by Crippen LogP contribution is 2.22. The highest BCUT2D eigenvalue weighted by atomic mass is 32.2. The van der Waals surface area contributed by atoms with Crippen molar-refractivity contribution in [1.29, 1.82) is 0 Å². The minimum absolute atomic E-state index is 0.00981. The molecular formula is C17H22N2O5S. The van der Waals surface area contributed by atoms with E-state index in [0.29, 0.717) is 23.9 Å². The van der Waals surface area contributed by atoms with Crippen molar-refractivity contribution in [2.45, 2.75) is 45.3 Å². The summed E-state index contributed by atoms with van der Waals surface area (Å²) in [7, 11) is -3.10. The number of hydrogen-bond donors (Lipinski definition) is 0. The second kappa shape index (κ2) is 6.67. The van der Waals surface area contributed by atoms with Crippen LogP contribution in [-0.4, -0.2) is 47.4 Å². The third-order valence-corrected chi connectivity index (χ3v) is 6.57. The minimum atomic E-state index is -3.10. The number of nitrogens with zero attached hydrogens (tertiary/aromatic N) is 2. The molecule has 1 aliphatic rings. The van der Waals surface area contributed by atoms with Crippen molar-refractivity contribution >= 4 is 26.8 Å². The monoisotopic (exact) mass is 366 g/mol. The van der Waals surface area contributed by atoms with Crippen molar-refractivity contribution in [3.63, 3.8) is 0 Å². The Labute approximate surface area is 146 Å². The number of para-hydroxylation sites is 2. The predicted octanol–water partition coefficient (Wildman–Crippen LogP) is 1.41. The van der Waals surface area contributed by atoms with E-state index in [2.05, 4.69) is 0 Å². The minimum Gasteiger partial charge on any atom is -0.408 e. The molecule has 0 bridgehead atoms. The molecule has 136 valence electrons. The molecule has 1 aliphatic heterocycles. The normalized spacial score (nSPS) is 20.6. The van der Waals surface area contributed by atoms with Crippen LogP contribution in [0.5, 0.6) is 0 Å². The summed E-state index contributed by atoms with van der Waals surface area (Å²) in [6.45, 7) is 3.70. The maximum absolute atomic E-state index is 12.9. The van der Waals surface area contributed by atoms with Crippen LogP contribution in [0.15, 0.2) is 33.5 Å². The standard InChI is InChI=1S/C17H22N2O5S/c1-3-12(2)19(13-8-9-25(22,23)11-13)16(20)10-18-14-6-4-5-7-15(14)24-17(18)21/h4-7,12-13H,3,8-11H2,1-2H3/t12-,13+/m0/s1. The summed E-state index contributed by atoms with van der Waals surface area (Å²) in [6.07, 6.45) is 1.16. The number of carbonyl (C=O) groups excluding carboxylic acids is 1. The first-order valence-corrected chi connectivity index (χ1v) is 10.2. The summed E-state index contributed by atoms with van der Waals surface area (Å²) in [5, 5.41) is 0. The number of hydrogen-bond acceptors (Lipinski definition) is 5. The Balaban J connectivity index is 1.90. The van der Waals surface area contributed by atoms with Gasteiger partial charge in [0.2, 0.25) is 5.91 Å². The second-order valence-corrected chi connectivity index (χ2v) is 8.77. The molecule has 0 N–H and O–H groups in total. The molecule has 7 nitrogen and oxygen atoms in total. The van der Waals surface area contributed by atoms with Gasteiger partial charge in [-0.15, -0.1) is 0 Å². The van der Waals surface area contributed by atoms with Crippen LogP contribution >= 0.6 is 0 Å². The first kappa shape index (κ1) is 17.7. The Morgan fingerprint density at radius 3 is 2.76 bits per heavy atom. The van der Waals surface area contributed by atoms with Gasteiger partial charge < -0.3 is 9.32 Å². The van der Waals surface area contributed by atoms with Gasteiger partial charge in [-0.05, 0) is 31.9 Å². The molecule has 8 heteroatoms. The fraction of sp³-hybridized carbons (Fsp3) is 0.529. The molecule has 2 aromatic rings. The summed E-state index contributed by atoms with van der Waals surface area (Å²) >= 11 is 0. The largest absolute Gasteiger partial charge is 0.420 e. The number of oxazole rings is 1. The van der Waals surface area contributed by atoms with E-state index in [4.69, 9.17) is 4.42 Å². The van der Waals surface area contributed by atoms with E-state index in [0.717, 1.165) is 0 Å². The Morgan fingerprint density at radius 2 is 2.12 bits per heavy atom. The summed E-state index contributed by atoms with van der Waals surface area (Å²) in [6, 6.07) is 6.50. The summed E-state index contributed by atoms with van der Waals surface area (Å²) in [5.74, 6) is -0.751. The first-order chi connectivity index (χ1) is 11.8. The average Bonchev–Trinajstić information content (AvgIpc) is 3.07. The number of amides is 1. The van der Waals surface area contributed by atoms with E-state index in [-0.39, 0.29) is 36.0 Å². The number of aromatic nitrogens is 1. The summed E-state index contributed by atoms with van der Waals surface area (Å²) in [4.78, 5) is 26.7. The lowest BCUT2D eigenvalue weighted by Gasteiger charge is -2.33. The van der Waals surface area contributed by atoms with Gasteiger partial charge in [0.25, 0.3) is 0 Å². The molecule has 0 spiro atoms. The van der Waals surface area contributed by atoms with Crippen LogP contribution in [0.2, 0.25) is 0 Å². The molecule has 0 saturated carbocycles. The fourth-order valence-corrected chi connectivity index (χ4v) is 5.09. The Hall–Kier alpha value is -2.09. The number of fused-ring (bicyclic) bond motifs is 1. The molecule has 1 aromatic heterocycles. The highest BCUT2D eigenvalue weighted by molar-refractivity contribution is 7.91. The molecule has 1 amide bonds. The lowest BCUT2D eigenvalue weighted by Crippen LogP contribution is -2.48. The van der Waals surface area contributed by atoms with Gasteiger partial charge in [0.1, 0.15) is 6.54 Å². The van der Waals surface area contributed by atoms with Crippen molar-refractivity contribution in [1.82, 2.24) is 9.47 Å². The van der Waals surface area contributed by atoms with Crippen molar-refractivity contribution in [3.8, 4) is 0 Å². The van der Waals surface area contributed by atoms with Gasteiger partial charge in [-0.1, -0.05) is 19.1 Å². The predicted molar refractivity (Wildman–Crippen MR) is 94.1 cm³/mol. The molecule has 1 saturated heterocycles. The van der Waals surface area contributed by atoms with Gasteiger partial charge in [-0.25, -0.2) is 13.2 Å². The molecular weight excluding hydrogens is 344 g/mol. The van der Waals surface area contributed by atoms with Crippen molar-refractivity contribution in [3.05, 3.63) is 34.8 Å². The maximum Gasteiger partial charge on any atom is 0.420 e. The zero-order valence-electron chi connectivity index (χ0n) is 14.3. The van der Waals surface area contributed by atoms with Gasteiger partial charge in [-0.3, -0.25) is 9.36 Å². The van der Waals surface area contributed by atoms with Crippen LogP contribution in [-0.2, 0) is 21.2 Å². The Bertz CT molecular complexity index is 943. The van der Waals surface area contributed by atoms with Crippen molar-refractivity contribution in [2.24, 2.45) is 0 Å². The lowest BCUT2D eigenvalue weighted by atomic mass is 10.1. The topological polar surface area (TPSA) is 89.6 Å². The third-order valence-electron chi connectivity index (χ3n) is 4.82. The molecule has 0 unspecified atom stereocenters. The fourth-order valence-electron chi connectivity index (χ4n) is 3.38. The van der Waals surface area contributed by atoms with Crippen LogP contribution in [0.1, 0.15) is 26.7 Å². The number of carbonyl (C=O) groups is 1. The van der Waals surface area contributed by atoms with Crippen LogP contribution in [0.4, 0.5) is 0 Å². The van der Waals surface area contributed by atoms with E-state index in [1.807, 2.05) is 13.8 Å². The van der Waals surface area contributed by atoms with Crippen LogP contribution in [0.3, 0.4) is 0 Å². The third kappa shape index (κ3) is 3.49. The molecule has 1 aromatic carbocycles. The van der Waals surface area contributed by atoms with Crippen LogP contribution in [0.25, 0.3) is 11.1 Å². The summed E-state index contributed by atoms with van der Waals surface area (Å²) < 4.78 is 30.1. The van der Waals surface area contributed by atoms with Gasteiger partial charge >= 0.3 is 5.76 Å². The van der Waals surface area contributed by atoms with Crippen molar-refractivity contribution in [2.75, 3.05) is 11.5 Å². The molecule has 2 atom stereocenters. The number of benzene rings is 1. The SMILES string of the molecule is CC[C@H](C)N(C(=O)Cn1c(=O)oc2ccccc21)[C@@H]1CCS(=O)(=O)C1. The van der Waals surface area contributed by atoms with E-state index >= 15 is 0 Å². The van der Waals surface area contributed by atoms with Gasteiger partial charge in [0.05, 0.1) is 17.0 Å². The molecule has 25 heavy (non-hydrogen) atoms. The van der Waals surface area contributed by atoms with Crippen molar-refractivity contribution < 1.29 is 17.6 Å². The number of rotatable bonds is 5. The van der Waals surface area contributed by atoms with Gasteiger partial charge in [-0.2, -0.15) is 0 Å². The molecule has 0 aliphatic carbocycles. The first-order valence-electron chi connectivity index (χ1n) is 8.42. The van der Waals surface area contributed by atoms with E-state index in [1.54, 1.807) is 29.2 Å². The molecule has 2 heterocycles. The Morgan fingerprint density at radius 1 is 1.40 bits per heavy atom. The van der Waals surface area contributed by atoms with E-state index < -0.39 is 15.6 Å².